The lowest BCUT2D eigenvalue weighted by Crippen LogP contribution is -2.22. The van der Waals surface area contributed by atoms with Gasteiger partial charge in [-0.3, -0.25) is 0 Å². The molecule has 4 N–H and O–H groups in total. The van der Waals surface area contributed by atoms with E-state index in [1.807, 2.05) is 25.1 Å². The average Bonchev–Trinajstić information content (AvgIpc) is 2.18. The van der Waals surface area contributed by atoms with Gasteiger partial charge in [-0.05, 0) is 25.7 Å². The molecule has 17 heavy (non-hydrogen) atoms. The number of guanidine groups is 1. The summed E-state index contributed by atoms with van der Waals surface area (Å²) in [7, 11) is 3.79. The van der Waals surface area contributed by atoms with Crippen molar-refractivity contribution in [2.75, 3.05) is 14.1 Å². The molecule has 0 bridgehead atoms. The van der Waals surface area contributed by atoms with Gasteiger partial charge in [0.15, 0.2) is 5.96 Å². The van der Waals surface area contributed by atoms with E-state index in [-0.39, 0.29) is 35.8 Å². The van der Waals surface area contributed by atoms with Crippen molar-refractivity contribution in [3.8, 4) is 0 Å². The van der Waals surface area contributed by atoms with Crippen molar-refractivity contribution in [2.45, 2.75) is 13.1 Å². The minimum absolute atomic E-state index is 0. The van der Waals surface area contributed by atoms with E-state index >= 15 is 0 Å². The van der Waals surface area contributed by atoms with Gasteiger partial charge in [0.2, 0.25) is 0 Å². The van der Waals surface area contributed by atoms with Gasteiger partial charge in [-0.2, -0.15) is 0 Å². The zero-order chi connectivity index (χ0) is 12.1. The van der Waals surface area contributed by atoms with Gasteiger partial charge in [0.05, 0.1) is 6.54 Å². The summed E-state index contributed by atoms with van der Waals surface area (Å²) in [6.45, 7) is 0.885. The van der Waals surface area contributed by atoms with Crippen molar-refractivity contribution in [1.29, 1.82) is 0 Å². The van der Waals surface area contributed by atoms with E-state index in [4.69, 9.17) is 11.5 Å². The Morgan fingerprint density at radius 3 is 2.47 bits per heavy atom. The lowest BCUT2D eigenvalue weighted by atomic mass is 10.1. The van der Waals surface area contributed by atoms with Gasteiger partial charge in [0.1, 0.15) is 5.82 Å². The van der Waals surface area contributed by atoms with Crippen LogP contribution in [0.4, 0.5) is 4.39 Å². The normalized spacial score (nSPS) is 9.88. The summed E-state index contributed by atoms with van der Waals surface area (Å²) in [5.74, 6) is -0.213. The summed E-state index contributed by atoms with van der Waals surface area (Å²) in [5.41, 5.74) is 11.8. The monoisotopic (exact) mass is 352 g/mol. The third-order valence-electron chi connectivity index (χ3n) is 2.05. The Kier molecular flexibility index (Phi) is 7.05. The fourth-order valence-electron chi connectivity index (χ4n) is 1.34. The van der Waals surface area contributed by atoms with Crippen LogP contribution in [0.1, 0.15) is 11.1 Å². The quantitative estimate of drug-likeness (QED) is 0.487. The molecule has 0 aliphatic carbocycles. The Hall–Kier alpha value is -0.890. The molecule has 6 heteroatoms. The van der Waals surface area contributed by atoms with Gasteiger partial charge in [-0.1, -0.05) is 12.1 Å². The third kappa shape index (κ3) is 5.83. The van der Waals surface area contributed by atoms with Crippen LogP contribution in [0.15, 0.2) is 23.2 Å². The molecule has 0 saturated carbocycles. The first-order chi connectivity index (χ1) is 7.49. The van der Waals surface area contributed by atoms with E-state index in [0.717, 1.165) is 5.56 Å². The lowest BCUT2D eigenvalue weighted by Gasteiger charge is -2.11. The molecule has 0 radical (unpaired) electrons. The highest BCUT2D eigenvalue weighted by atomic mass is 127. The van der Waals surface area contributed by atoms with Crippen LogP contribution < -0.4 is 11.5 Å². The SMILES string of the molecule is CN(C)Cc1ccc(CN=C(N)N)cc1F.I. The molecule has 0 aliphatic rings. The maximum Gasteiger partial charge on any atom is 0.186 e. The van der Waals surface area contributed by atoms with E-state index in [2.05, 4.69) is 4.99 Å². The Morgan fingerprint density at radius 2 is 2.00 bits per heavy atom. The van der Waals surface area contributed by atoms with Crippen LogP contribution >= 0.6 is 24.0 Å². The molecule has 0 fully saturated rings. The smallest absolute Gasteiger partial charge is 0.186 e. The van der Waals surface area contributed by atoms with Crippen LogP contribution in [-0.4, -0.2) is 25.0 Å². The van der Waals surface area contributed by atoms with Gasteiger partial charge in [0.25, 0.3) is 0 Å². The second-order valence-electron chi connectivity index (χ2n) is 3.90. The number of aliphatic imine (C=N–C) groups is 1. The maximum atomic E-state index is 13.6. The topological polar surface area (TPSA) is 67.6 Å². The molecule has 1 rings (SSSR count). The number of halogens is 2. The summed E-state index contributed by atoms with van der Waals surface area (Å²) >= 11 is 0. The van der Waals surface area contributed by atoms with Crippen LogP contribution in [0.3, 0.4) is 0 Å². The summed E-state index contributed by atoms with van der Waals surface area (Å²) in [6.07, 6.45) is 0. The highest BCUT2D eigenvalue weighted by Crippen LogP contribution is 2.12. The largest absolute Gasteiger partial charge is 0.370 e. The Morgan fingerprint density at radius 1 is 1.35 bits per heavy atom. The van der Waals surface area contributed by atoms with Gasteiger partial charge < -0.3 is 16.4 Å². The molecule has 0 unspecified atom stereocenters. The lowest BCUT2D eigenvalue weighted by molar-refractivity contribution is 0.392. The Balaban J connectivity index is 0.00000256. The number of nitrogens with zero attached hydrogens (tertiary/aromatic N) is 2. The van der Waals surface area contributed by atoms with E-state index in [9.17, 15) is 4.39 Å². The molecule has 4 nitrogen and oxygen atoms in total. The molecule has 0 atom stereocenters. The second-order valence-corrected chi connectivity index (χ2v) is 3.90. The first-order valence-corrected chi connectivity index (χ1v) is 4.96. The van der Waals surface area contributed by atoms with Gasteiger partial charge >= 0.3 is 0 Å². The van der Waals surface area contributed by atoms with Crippen LogP contribution in [0, 0.1) is 5.82 Å². The Bertz CT molecular complexity index is 389. The molecule has 0 heterocycles. The highest BCUT2D eigenvalue weighted by molar-refractivity contribution is 14.0. The van der Waals surface area contributed by atoms with Crippen LogP contribution in [0.5, 0.6) is 0 Å². The second kappa shape index (κ2) is 7.44. The minimum atomic E-state index is -0.225. The average molecular weight is 352 g/mol. The molecule has 0 amide bonds. The number of hydrogen-bond acceptors (Lipinski definition) is 2. The molecule has 96 valence electrons. The molecule has 1 aromatic carbocycles. The van der Waals surface area contributed by atoms with Crippen LogP contribution in [0.2, 0.25) is 0 Å². The van der Waals surface area contributed by atoms with E-state index in [1.54, 1.807) is 6.07 Å². The van der Waals surface area contributed by atoms with E-state index in [1.165, 1.54) is 6.07 Å². The van der Waals surface area contributed by atoms with E-state index in [0.29, 0.717) is 18.7 Å². The number of rotatable bonds is 4. The van der Waals surface area contributed by atoms with Crippen LogP contribution in [-0.2, 0) is 13.1 Å². The fraction of sp³-hybridized carbons (Fsp3) is 0.364. The molecular weight excluding hydrogens is 334 g/mol. The van der Waals surface area contributed by atoms with Crippen molar-refractivity contribution in [2.24, 2.45) is 16.5 Å². The first kappa shape index (κ1) is 16.1. The maximum absolute atomic E-state index is 13.6. The minimum Gasteiger partial charge on any atom is -0.370 e. The summed E-state index contributed by atoms with van der Waals surface area (Å²) < 4.78 is 13.6. The molecule has 0 aromatic heterocycles. The third-order valence-corrected chi connectivity index (χ3v) is 2.05. The predicted octanol–water partition coefficient (Wildman–Crippen LogP) is 1.28. The van der Waals surface area contributed by atoms with Gasteiger partial charge in [-0.15, -0.1) is 24.0 Å². The number of hydrogen-bond donors (Lipinski definition) is 2. The summed E-state index contributed by atoms with van der Waals surface area (Å²) in [5, 5.41) is 0. The highest BCUT2D eigenvalue weighted by Gasteiger charge is 2.04. The van der Waals surface area contributed by atoms with Gasteiger partial charge in [-0.25, -0.2) is 9.38 Å². The Labute approximate surface area is 118 Å². The standard InChI is InChI=1S/C11H17FN4.HI/c1-16(2)7-9-4-3-8(5-10(9)12)6-15-11(13)14;/h3-5H,6-7H2,1-2H3,(H4,13,14,15);1H. The van der Waals surface area contributed by atoms with E-state index < -0.39 is 0 Å². The predicted molar refractivity (Wildman–Crippen MR) is 78.7 cm³/mol. The van der Waals surface area contributed by atoms with Gasteiger partial charge in [0, 0.05) is 12.1 Å². The van der Waals surface area contributed by atoms with Crippen molar-refractivity contribution < 1.29 is 4.39 Å². The zero-order valence-corrected chi connectivity index (χ0v) is 12.3. The van der Waals surface area contributed by atoms with Crippen molar-refractivity contribution >= 4 is 29.9 Å². The summed E-state index contributed by atoms with van der Waals surface area (Å²) in [6, 6.07) is 5.05. The zero-order valence-electron chi connectivity index (χ0n) is 9.98. The number of benzene rings is 1. The molecule has 0 aliphatic heterocycles. The molecule has 1 aromatic rings. The first-order valence-electron chi connectivity index (χ1n) is 4.96. The van der Waals surface area contributed by atoms with Crippen molar-refractivity contribution in [1.82, 2.24) is 4.90 Å². The number of nitrogens with two attached hydrogens (primary N) is 2. The fourth-order valence-corrected chi connectivity index (χ4v) is 1.34. The molecule has 0 spiro atoms. The molecule has 0 saturated heterocycles. The summed E-state index contributed by atoms with van der Waals surface area (Å²) in [4.78, 5) is 5.73. The van der Waals surface area contributed by atoms with Crippen molar-refractivity contribution in [3.63, 3.8) is 0 Å². The van der Waals surface area contributed by atoms with Crippen LogP contribution in [0.25, 0.3) is 0 Å². The van der Waals surface area contributed by atoms with Crippen molar-refractivity contribution in [3.05, 3.63) is 35.1 Å². The molecular formula is C11H18FIN4.